The summed E-state index contributed by atoms with van der Waals surface area (Å²) in [7, 11) is 1.58. The van der Waals surface area contributed by atoms with E-state index in [0.717, 1.165) is 25.7 Å². The van der Waals surface area contributed by atoms with Crippen molar-refractivity contribution in [1.82, 2.24) is 4.98 Å². The topological polar surface area (TPSA) is 39.2 Å². The van der Waals surface area contributed by atoms with Gasteiger partial charge in [-0.25, -0.2) is 4.98 Å². The van der Waals surface area contributed by atoms with E-state index in [2.05, 4.69) is 4.98 Å². The van der Waals surface area contributed by atoms with Gasteiger partial charge in [-0.05, 0) is 25.0 Å². The van der Waals surface area contributed by atoms with Crippen LogP contribution in [0.5, 0.6) is 5.75 Å². The average Bonchev–Trinajstić information content (AvgIpc) is 2.66. The lowest BCUT2D eigenvalue weighted by Crippen LogP contribution is -2.16. The number of aromatic nitrogens is 1. The zero-order valence-electron chi connectivity index (χ0n) is 10.3. The van der Waals surface area contributed by atoms with E-state index in [1.807, 2.05) is 0 Å². The maximum atomic E-state index is 12.4. The fourth-order valence-corrected chi connectivity index (χ4v) is 2.48. The molecule has 1 heterocycles. The van der Waals surface area contributed by atoms with E-state index in [-0.39, 0.29) is 11.7 Å². The van der Waals surface area contributed by atoms with Gasteiger partial charge in [-0.15, -0.1) is 0 Å². The van der Waals surface area contributed by atoms with Gasteiger partial charge in [0.05, 0.1) is 7.11 Å². The highest BCUT2D eigenvalue weighted by Crippen LogP contribution is 2.28. The Labute approximate surface area is 102 Å². The van der Waals surface area contributed by atoms with Gasteiger partial charge in [0.2, 0.25) is 0 Å². The van der Waals surface area contributed by atoms with Gasteiger partial charge in [0.1, 0.15) is 11.4 Å². The summed E-state index contributed by atoms with van der Waals surface area (Å²) in [6.45, 7) is 0. The monoisotopic (exact) mass is 233 g/mol. The first-order chi connectivity index (χ1) is 8.33. The SMILES string of the molecule is COc1cccnc1C(=O)C1CCCCCC1. The third kappa shape index (κ3) is 2.84. The van der Waals surface area contributed by atoms with Crippen LogP contribution in [0, 0.1) is 5.92 Å². The Morgan fingerprint density at radius 1 is 1.29 bits per heavy atom. The lowest BCUT2D eigenvalue weighted by atomic mass is 9.93. The number of rotatable bonds is 3. The number of pyridine rings is 1. The Morgan fingerprint density at radius 2 is 2.00 bits per heavy atom. The molecule has 0 aliphatic heterocycles. The van der Waals surface area contributed by atoms with Crippen LogP contribution in [-0.2, 0) is 0 Å². The van der Waals surface area contributed by atoms with Crippen LogP contribution >= 0.6 is 0 Å². The van der Waals surface area contributed by atoms with Crippen molar-refractivity contribution >= 4 is 5.78 Å². The summed E-state index contributed by atoms with van der Waals surface area (Å²) in [5.41, 5.74) is 0.502. The summed E-state index contributed by atoms with van der Waals surface area (Å²) in [5.74, 6) is 0.896. The fourth-order valence-electron chi connectivity index (χ4n) is 2.48. The maximum Gasteiger partial charge on any atom is 0.188 e. The fraction of sp³-hybridized carbons (Fsp3) is 0.571. The molecule has 0 radical (unpaired) electrons. The van der Waals surface area contributed by atoms with E-state index in [0.29, 0.717) is 11.4 Å². The standard InChI is InChI=1S/C14H19NO2/c1-17-12-9-6-10-15-13(12)14(16)11-7-4-2-3-5-8-11/h6,9-11H,2-5,7-8H2,1H3. The van der Waals surface area contributed by atoms with Crippen LogP contribution in [0.2, 0.25) is 0 Å². The number of methoxy groups -OCH3 is 1. The number of hydrogen-bond acceptors (Lipinski definition) is 3. The van der Waals surface area contributed by atoms with Crippen molar-refractivity contribution in [3.05, 3.63) is 24.0 Å². The summed E-state index contributed by atoms with van der Waals surface area (Å²) in [6.07, 6.45) is 8.48. The molecule has 0 amide bonds. The Kier molecular flexibility index (Phi) is 4.13. The van der Waals surface area contributed by atoms with Gasteiger partial charge in [-0.2, -0.15) is 0 Å². The Hall–Kier alpha value is -1.38. The number of ether oxygens (including phenoxy) is 1. The van der Waals surface area contributed by atoms with E-state index in [1.54, 1.807) is 25.4 Å². The minimum absolute atomic E-state index is 0.140. The van der Waals surface area contributed by atoms with E-state index >= 15 is 0 Å². The quantitative estimate of drug-likeness (QED) is 0.594. The molecular formula is C14H19NO2. The molecule has 17 heavy (non-hydrogen) atoms. The zero-order valence-corrected chi connectivity index (χ0v) is 10.3. The minimum atomic E-state index is 0.140. The summed E-state index contributed by atoms with van der Waals surface area (Å²) in [6, 6.07) is 3.60. The van der Waals surface area contributed by atoms with Crippen molar-refractivity contribution in [1.29, 1.82) is 0 Å². The number of ketones is 1. The molecule has 2 rings (SSSR count). The van der Waals surface area contributed by atoms with Gasteiger partial charge in [-0.3, -0.25) is 4.79 Å². The Balaban J connectivity index is 2.17. The average molecular weight is 233 g/mol. The van der Waals surface area contributed by atoms with Crippen molar-refractivity contribution in [3.63, 3.8) is 0 Å². The van der Waals surface area contributed by atoms with E-state index in [4.69, 9.17) is 4.74 Å². The van der Waals surface area contributed by atoms with E-state index < -0.39 is 0 Å². The molecule has 1 saturated carbocycles. The van der Waals surface area contributed by atoms with Gasteiger partial charge in [-0.1, -0.05) is 25.7 Å². The van der Waals surface area contributed by atoms with Crippen molar-refractivity contribution in [2.45, 2.75) is 38.5 Å². The molecule has 0 atom stereocenters. The van der Waals surface area contributed by atoms with Crippen molar-refractivity contribution < 1.29 is 9.53 Å². The molecule has 1 aliphatic carbocycles. The third-order valence-electron chi connectivity index (χ3n) is 3.45. The predicted molar refractivity (Wildman–Crippen MR) is 66.3 cm³/mol. The number of carbonyl (C=O) groups excluding carboxylic acids is 1. The number of hydrogen-bond donors (Lipinski definition) is 0. The summed E-state index contributed by atoms with van der Waals surface area (Å²) < 4.78 is 5.21. The number of nitrogens with zero attached hydrogens (tertiary/aromatic N) is 1. The second-order valence-corrected chi connectivity index (χ2v) is 4.61. The summed E-state index contributed by atoms with van der Waals surface area (Å²) in [4.78, 5) is 16.6. The lowest BCUT2D eigenvalue weighted by Gasteiger charge is -2.13. The van der Waals surface area contributed by atoms with E-state index in [9.17, 15) is 4.79 Å². The van der Waals surface area contributed by atoms with Crippen LogP contribution in [0.4, 0.5) is 0 Å². The number of Topliss-reactive ketones (excluding diaryl/α,β-unsaturated/α-hetero) is 1. The zero-order chi connectivity index (χ0) is 12.1. The molecule has 0 saturated heterocycles. The molecule has 1 aromatic heterocycles. The smallest absolute Gasteiger partial charge is 0.188 e. The van der Waals surface area contributed by atoms with Crippen molar-refractivity contribution in [2.75, 3.05) is 7.11 Å². The first-order valence-electron chi connectivity index (χ1n) is 6.36. The molecule has 92 valence electrons. The minimum Gasteiger partial charge on any atom is -0.494 e. The summed E-state index contributed by atoms with van der Waals surface area (Å²) in [5, 5.41) is 0. The Morgan fingerprint density at radius 3 is 2.65 bits per heavy atom. The van der Waals surface area contributed by atoms with Crippen LogP contribution in [0.15, 0.2) is 18.3 Å². The third-order valence-corrected chi connectivity index (χ3v) is 3.45. The normalized spacial score (nSPS) is 17.5. The largest absolute Gasteiger partial charge is 0.494 e. The molecule has 0 spiro atoms. The highest BCUT2D eigenvalue weighted by molar-refractivity contribution is 5.98. The first kappa shape index (κ1) is 12.1. The molecule has 0 unspecified atom stereocenters. The molecule has 1 aromatic rings. The molecule has 1 aliphatic rings. The second kappa shape index (κ2) is 5.80. The molecule has 0 aromatic carbocycles. The van der Waals surface area contributed by atoms with Gasteiger partial charge in [0.15, 0.2) is 5.78 Å². The molecule has 1 fully saturated rings. The van der Waals surface area contributed by atoms with Crippen LogP contribution in [-0.4, -0.2) is 17.9 Å². The van der Waals surface area contributed by atoms with Gasteiger partial charge < -0.3 is 4.74 Å². The van der Waals surface area contributed by atoms with Crippen LogP contribution in [0.25, 0.3) is 0 Å². The molecule has 0 bridgehead atoms. The molecule has 0 N–H and O–H groups in total. The maximum absolute atomic E-state index is 12.4. The Bertz CT molecular complexity index is 382. The van der Waals surface area contributed by atoms with Crippen LogP contribution in [0.1, 0.15) is 49.0 Å². The molecule has 3 heteroatoms. The van der Waals surface area contributed by atoms with Gasteiger partial charge in [0, 0.05) is 12.1 Å². The van der Waals surface area contributed by atoms with Gasteiger partial charge >= 0.3 is 0 Å². The molecular weight excluding hydrogens is 214 g/mol. The summed E-state index contributed by atoms with van der Waals surface area (Å²) >= 11 is 0. The van der Waals surface area contributed by atoms with Gasteiger partial charge in [0.25, 0.3) is 0 Å². The first-order valence-corrected chi connectivity index (χ1v) is 6.36. The number of carbonyl (C=O) groups is 1. The molecule has 3 nitrogen and oxygen atoms in total. The van der Waals surface area contributed by atoms with Crippen LogP contribution < -0.4 is 4.74 Å². The van der Waals surface area contributed by atoms with E-state index in [1.165, 1.54) is 12.8 Å². The van der Waals surface area contributed by atoms with Crippen molar-refractivity contribution in [2.24, 2.45) is 5.92 Å². The predicted octanol–water partition coefficient (Wildman–Crippen LogP) is 3.24. The second-order valence-electron chi connectivity index (χ2n) is 4.61. The highest BCUT2D eigenvalue weighted by atomic mass is 16.5. The lowest BCUT2D eigenvalue weighted by molar-refractivity contribution is 0.0899. The highest BCUT2D eigenvalue weighted by Gasteiger charge is 2.24. The van der Waals surface area contributed by atoms with Crippen molar-refractivity contribution in [3.8, 4) is 5.75 Å². The van der Waals surface area contributed by atoms with Crippen LogP contribution in [0.3, 0.4) is 0 Å².